The summed E-state index contributed by atoms with van der Waals surface area (Å²) in [6.07, 6.45) is 3.05. The zero-order valence-corrected chi connectivity index (χ0v) is 14.8. The third-order valence-electron chi connectivity index (χ3n) is 4.44. The molecule has 0 aliphatic carbocycles. The van der Waals surface area contributed by atoms with Crippen molar-refractivity contribution in [2.75, 3.05) is 5.32 Å². The van der Waals surface area contributed by atoms with E-state index in [1.807, 2.05) is 47.2 Å². The molecule has 28 heavy (non-hydrogen) atoms. The van der Waals surface area contributed by atoms with Crippen LogP contribution in [-0.2, 0) is 6.54 Å². The minimum Gasteiger partial charge on any atom is -0.342 e. The second-order valence-corrected chi connectivity index (χ2v) is 6.32. The molecule has 0 aliphatic heterocycles. The number of hydrogen-bond donors (Lipinski definition) is 1. The van der Waals surface area contributed by atoms with Crippen molar-refractivity contribution in [3.63, 3.8) is 0 Å². The quantitative estimate of drug-likeness (QED) is 0.543. The van der Waals surface area contributed by atoms with Crippen LogP contribution in [0, 0.1) is 17.3 Å². The molecule has 1 amide bonds. The van der Waals surface area contributed by atoms with Crippen LogP contribution >= 0.6 is 0 Å². The molecule has 0 fully saturated rings. The Morgan fingerprint density at radius 3 is 2.71 bits per heavy atom. The summed E-state index contributed by atoms with van der Waals surface area (Å²) in [6, 6.07) is 20.1. The number of rotatable bonds is 4. The molecule has 5 nitrogen and oxygen atoms in total. The van der Waals surface area contributed by atoms with Gasteiger partial charge in [0.1, 0.15) is 6.07 Å². The largest absolute Gasteiger partial charge is 0.342 e. The summed E-state index contributed by atoms with van der Waals surface area (Å²) < 4.78 is 15.2. The smallest absolute Gasteiger partial charge is 0.255 e. The first-order valence-corrected chi connectivity index (χ1v) is 8.64. The second kappa shape index (κ2) is 7.33. The van der Waals surface area contributed by atoms with E-state index in [1.54, 1.807) is 12.1 Å². The molecule has 0 saturated carbocycles. The molecular formula is C22H15FN4O. The molecular weight excluding hydrogens is 355 g/mol. The summed E-state index contributed by atoms with van der Waals surface area (Å²) in [6.45, 7) is 0.640. The summed E-state index contributed by atoms with van der Waals surface area (Å²) in [4.78, 5) is 15.8. The van der Waals surface area contributed by atoms with E-state index in [-0.39, 0.29) is 5.56 Å². The van der Waals surface area contributed by atoms with Crippen LogP contribution in [0.15, 0.2) is 73.1 Å². The Morgan fingerprint density at radius 2 is 1.96 bits per heavy atom. The maximum absolute atomic E-state index is 13.2. The van der Waals surface area contributed by atoms with Crippen LogP contribution in [0.25, 0.3) is 10.9 Å². The van der Waals surface area contributed by atoms with Crippen LogP contribution in [0.5, 0.6) is 0 Å². The van der Waals surface area contributed by atoms with Gasteiger partial charge in [-0.1, -0.05) is 30.3 Å². The highest BCUT2D eigenvalue weighted by molar-refractivity contribution is 6.05. The first kappa shape index (κ1) is 17.4. The third-order valence-corrected chi connectivity index (χ3v) is 4.44. The van der Waals surface area contributed by atoms with Gasteiger partial charge in [0.25, 0.3) is 5.91 Å². The van der Waals surface area contributed by atoms with Gasteiger partial charge in [0, 0.05) is 47.2 Å². The van der Waals surface area contributed by atoms with Crippen molar-refractivity contribution in [1.29, 1.82) is 5.26 Å². The number of pyridine rings is 1. The molecule has 0 spiro atoms. The van der Waals surface area contributed by atoms with Gasteiger partial charge in [-0.15, -0.1) is 0 Å². The van der Waals surface area contributed by atoms with E-state index in [0.717, 1.165) is 22.5 Å². The number of nitrogens with zero attached hydrogens (tertiary/aromatic N) is 3. The molecule has 0 atom stereocenters. The van der Waals surface area contributed by atoms with E-state index >= 15 is 0 Å². The van der Waals surface area contributed by atoms with E-state index in [9.17, 15) is 14.4 Å². The SMILES string of the molecule is N#Cc1cn(Cc2ccccc2)c2ccc(NC(=O)c3ccnc(F)c3)cc12. The van der Waals surface area contributed by atoms with Crippen LogP contribution in [0.2, 0.25) is 0 Å². The number of amides is 1. The van der Waals surface area contributed by atoms with Gasteiger partial charge in [0.05, 0.1) is 5.56 Å². The van der Waals surface area contributed by atoms with Crippen molar-refractivity contribution in [3.8, 4) is 6.07 Å². The minimum absolute atomic E-state index is 0.176. The topological polar surface area (TPSA) is 70.7 Å². The number of carbonyl (C=O) groups is 1. The van der Waals surface area contributed by atoms with Gasteiger partial charge in [-0.3, -0.25) is 4.79 Å². The number of halogens is 1. The van der Waals surface area contributed by atoms with Crippen LogP contribution in [-0.4, -0.2) is 15.5 Å². The fourth-order valence-corrected chi connectivity index (χ4v) is 3.12. The Morgan fingerprint density at radius 1 is 1.14 bits per heavy atom. The lowest BCUT2D eigenvalue weighted by Crippen LogP contribution is -2.12. The van der Waals surface area contributed by atoms with Gasteiger partial charge in [-0.05, 0) is 29.8 Å². The number of aromatic nitrogens is 2. The zero-order valence-electron chi connectivity index (χ0n) is 14.8. The average molecular weight is 370 g/mol. The van der Waals surface area contributed by atoms with E-state index < -0.39 is 11.9 Å². The Balaban J connectivity index is 1.65. The Bertz CT molecular complexity index is 1210. The lowest BCUT2D eigenvalue weighted by Gasteiger charge is -2.08. The lowest BCUT2D eigenvalue weighted by atomic mass is 10.1. The second-order valence-electron chi connectivity index (χ2n) is 6.32. The number of carbonyl (C=O) groups excluding carboxylic acids is 1. The van der Waals surface area contributed by atoms with Gasteiger partial charge >= 0.3 is 0 Å². The molecule has 136 valence electrons. The normalized spacial score (nSPS) is 10.6. The molecule has 0 unspecified atom stereocenters. The van der Waals surface area contributed by atoms with E-state index in [1.165, 1.54) is 12.3 Å². The fourth-order valence-electron chi connectivity index (χ4n) is 3.12. The summed E-state index contributed by atoms with van der Waals surface area (Å²) in [5.74, 6) is -1.16. The van der Waals surface area contributed by atoms with Gasteiger partial charge in [0.2, 0.25) is 5.95 Å². The number of hydrogen-bond acceptors (Lipinski definition) is 3. The molecule has 0 bridgehead atoms. The van der Waals surface area contributed by atoms with Crippen molar-refractivity contribution in [2.24, 2.45) is 0 Å². The number of benzene rings is 2. The predicted octanol–water partition coefficient (Wildman–Crippen LogP) is 4.35. The Labute approximate surface area is 160 Å². The van der Waals surface area contributed by atoms with Gasteiger partial charge in [-0.25, -0.2) is 4.98 Å². The summed E-state index contributed by atoms with van der Waals surface area (Å²) in [5.41, 5.74) is 3.25. The van der Waals surface area contributed by atoms with Gasteiger partial charge in [-0.2, -0.15) is 9.65 Å². The lowest BCUT2D eigenvalue weighted by molar-refractivity contribution is 0.102. The van der Waals surface area contributed by atoms with E-state index in [4.69, 9.17) is 0 Å². The number of anilines is 1. The van der Waals surface area contributed by atoms with Crippen molar-refractivity contribution in [1.82, 2.24) is 9.55 Å². The fraction of sp³-hybridized carbons (Fsp3) is 0.0455. The van der Waals surface area contributed by atoms with Crippen LogP contribution in [0.4, 0.5) is 10.1 Å². The molecule has 2 heterocycles. The van der Waals surface area contributed by atoms with Gasteiger partial charge in [0.15, 0.2) is 0 Å². The zero-order chi connectivity index (χ0) is 19.5. The monoisotopic (exact) mass is 370 g/mol. The summed E-state index contributed by atoms with van der Waals surface area (Å²) in [7, 11) is 0. The van der Waals surface area contributed by atoms with Gasteiger partial charge < -0.3 is 9.88 Å². The predicted molar refractivity (Wildman–Crippen MR) is 104 cm³/mol. The maximum Gasteiger partial charge on any atom is 0.255 e. The first-order chi connectivity index (χ1) is 13.6. The van der Waals surface area contributed by atoms with Crippen molar-refractivity contribution in [3.05, 3.63) is 95.7 Å². The van der Waals surface area contributed by atoms with Crippen LogP contribution in [0.1, 0.15) is 21.5 Å². The molecule has 4 rings (SSSR count). The van der Waals surface area contributed by atoms with Crippen LogP contribution in [0.3, 0.4) is 0 Å². The third kappa shape index (κ3) is 3.46. The van der Waals surface area contributed by atoms with Crippen LogP contribution < -0.4 is 5.32 Å². The Hall–Kier alpha value is -3.98. The highest BCUT2D eigenvalue weighted by Gasteiger charge is 2.12. The molecule has 4 aromatic rings. The van der Waals surface area contributed by atoms with Crippen molar-refractivity contribution < 1.29 is 9.18 Å². The highest BCUT2D eigenvalue weighted by Crippen LogP contribution is 2.26. The number of fused-ring (bicyclic) bond motifs is 1. The molecule has 0 aliphatic rings. The maximum atomic E-state index is 13.2. The van der Waals surface area contributed by atoms with Crippen molar-refractivity contribution in [2.45, 2.75) is 6.54 Å². The molecule has 0 saturated heterocycles. The molecule has 2 aromatic heterocycles. The number of nitrogens with one attached hydrogen (secondary N) is 1. The number of nitriles is 1. The average Bonchev–Trinajstić information content (AvgIpc) is 3.05. The molecule has 1 N–H and O–H groups in total. The molecule has 2 aromatic carbocycles. The van der Waals surface area contributed by atoms with Crippen molar-refractivity contribution >= 4 is 22.5 Å². The Kier molecular flexibility index (Phi) is 4.56. The first-order valence-electron chi connectivity index (χ1n) is 8.64. The summed E-state index contributed by atoms with van der Waals surface area (Å²) in [5, 5.41) is 13.0. The summed E-state index contributed by atoms with van der Waals surface area (Å²) >= 11 is 0. The minimum atomic E-state index is -0.715. The van der Waals surface area contributed by atoms with E-state index in [0.29, 0.717) is 17.8 Å². The standard InChI is InChI=1S/C22H15FN4O/c23-21-10-16(8-9-25-21)22(28)26-18-6-7-20-19(11-18)17(12-24)14-27(20)13-15-4-2-1-3-5-15/h1-11,14H,13H2,(H,26,28). The molecule has 6 heteroatoms. The highest BCUT2D eigenvalue weighted by atomic mass is 19.1. The molecule has 0 radical (unpaired) electrons. The van der Waals surface area contributed by atoms with E-state index in [2.05, 4.69) is 16.4 Å².